The van der Waals surface area contributed by atoms with Crippen LogP contribution in [0.5, 0.6) is 0 Å². The van der Waals surface area contributed by atoms with Crippen LogP contribution in [-0.4, -0.2) is 19.7 Å². The number of para-hydroxylation sites is 1. The second-order valence-electron chi connectivity index (χ2n) is 5.58. The molecule has 3 aromatic heterocycles. The molecule has 0 saturated carbocycles. The van der Waals surface area contributed by atoms with Crippen LogP contribution in [0.15, 0.2) is 71.5 Å². The molecule has 0 unspecified atom stereocenters. The number of nitrogens with zero attached hydrogens (tertiary/aromatic N) is 4. The monoisotopic (exact) mass is 398 g/mol. The summed E-state index contributed by atoms with van der Waals surface area (Å²) in [6.45, 7) is 0. The molecule has 0 N–H and O–H groups in total. The van der Waals surface area contributed by atoms with Crippen LogP contribution in [0.3, 0.4) is 0 Å². The molecule has 4 rings (SSSR count). The molecular weight excluding hydrogens is 384 g/mol. The Labute approximate surface area is 164 Å². The van der Waals surface area contributed by atoms with Crippen molar-refractivity contribution >= 4 is 34.7 Å². The van der Waals surface area contributed by atoms with Gasteiger partial charge in [-0.1, -0.05) is 47.6 Å². The summed E-state index contributed by atoms with van der Waals surface area (Å²) < 4.78 is 2.12. The Bertz CT molecular complexity index is 984. The zero-order valence-electron chi connectivity index (χ0n) is 13.7. The molecule has 0 spiro atoms. The maximum absolute atomic E-state index is 6.23. The van der Waals surface area contributed by atoms with Crippen LogP contribution >= 0.6 is 34.7 Å². The zero-order chi connectivity index (χ0) is 17.8. The summed E-state index contributed by atoms with van der Waals surface area (Å²) in [5.74, 6) is 1.65. The van der Waals surface area contributed by atoms with Gasteiger partial charge in [-0.15, -0.1) is 21.5 Å². The predicted octanol–water partition coefficient (Wildman–Crippen LogP) is 5.26. The van der Waals surface area contributed by atoms with Crippen LogP contribution in [0.1, 0.15) is 16.3 Å². The molecule has 0 amide bonds. The molecule has 26 heavy (non-hydrogen) atoms. The second kappa shape index (κ2) is 8.03. The highest BCUT2D eigenvalue weighted by Crippen LogP contribution is 2.28. The molecule has 0 aliphatic heterocycles. The van der Waals surface area contributed by atoms with Gasteiger partial charge < -0.3 is 0 Å². The van der Waals surface area contributed by atoms with E-state index in [1.54, 1.807) is 35.5 Å². The summed E-state index contributed by atoms with van der Waals surface area (Å²) in [4.78, 5) is 5.30. The highest BCUT2D eigenvalue weighted by atomic mass is 35.5. The smallest absolute Gasteiger partial charge is 0.196 e. The molecule has 4 nitrogen and oxygen atoms in total. The molecular formula is C19H15ClN4S2. The topological polar surface area (TPSA) is 43.6 Å². The number of thioether (sulfide) groups is 1. The minimum absolute atomic E-state index is 0.671. The maximum Gasteiger partial charge on any atom is 0.196 e. The lowest BCUT2D eigenvalue weighted by molar-refractivity contribution is 0.851. The number of benzene rings is 1. The molecule has 0 aliphatic carbocycles. The number of hydrogen-bond donors (Lipinski definition) is 0. The third kappa shape index (κ3) is 3.82. The number of hydrogen-bond acceptors (Lipinski definition) is 5. The summed E-state index contributed by atoms with van der Waals surface area (Å²) in [5, 5.41) is 12.5. The van der Waals surface area contributed by atoms with Gasteiger partial charge in [0.25, 0.3) is 0 Å². The van der Waals surface area contributed by atoms with Crippen molar-refractivity contribution in [2.45, 2.75) is 17.3 Å². The SMILES string of the molecule is Clc1cnccc1CSc1nnc(Cc2cccs2)n1-c1ccccc1. The first-order valence-corrected chi connectivity index (χ1v) is 10.3. The minimum Gasteiger partial charge on any atom is -0.274 e. The molecule has 0 radical (unpaired) electrons. The van der Waals surface area contributed by atoms with Crippen molar-refractivity contribution in [3.63, 3.8) is 0 Å². The highest BCUT2D eigenvalue weighted by molar-refractivity contribution is 7.98. The Morgan fingerprint density at radius 3 is 2.69 bits per heavy atom. The minimum atomic E-state index is 0.671. The van der Waals surface area contributed by atoms with Gasteiger partial charge in [0.05, 0.1) is 5.02 Å². The van der Waals surface area contributed by atoms with E-state index in [2.05, 4.69) is 49.4 Å². The summed E-state index contributed by atoms with van der Waals surface area (Å²) in [7, 11) is 0. The first kappa shape index (κ1) is 17.3. The molecule has 0 atom stereocenters. The van der Waals surface area contributed by atoms with Gasteiger partial charge in [0, 0.05) is 35.1 Å². The third-order valence-corrected chi connectivity index (χ3v) is 6.03. The van der Waals surface area contributed by atoms with E-state index in [0.717, 1.165) is 28.7 Å². The van der Waals surface area contributed by atoms with Crippen LogP contribution in [0.25, 0.3) is 5.69 Å². The van der Waals surface area contributed by atoms with Crippen molar-refractivity contribution < 1.29 is 0 Å². The number of pyridine rings is 1. The lowest BCUT2D eigenvalue weighted by atomic mass is 10.3. The quantitative estimate of drug-likeness (QED) is 0.415. The number of rotatable bonds is 6. The fourth-order valence-corrected chi connectivity index (χ4v) is 4.52. The molecule has 0 aliphatic rings. The van der Waals surface area contributed by atoms with E-state index >= 15 is 0 Å². The Balaban J connectivity index is 1.66. The molecule has 0 fully saturated rings. The van der Waals surface area contributed by atoms with Crippen molar-refractivity contribution in [2.24, 2.45) is 0 Å². The summed E-state index contributed by atoms with van der Waals surface area (Å²) >= 11 is 9.58. The zero-order valence-corrected chi connectivity index (χ0v) is 16.1. The molecule has 4 aromatic rings. The van der Waals surface area contributed by atoms with Gasteiger partial charge in [0.2, 0.25) is 0 Å². The van der Waals surface area contributed by atoms with Crippen molar-refractivity contribution in [3.8, 4) is 5.69 Å². The molecule has 0 bridgehead atoms. The number of halogens is 1. The fraction of sp³-hybridized carbons (Fsp3) is 0.105. The molecule has 1 aromatic carbocycles. The molecule has 0 saturated heterocycles. The number of thiophene rings is 1. The van der Waals surface area contributed by atoms with E-state index in [9.17, 15) is 0 Å². The van der Waals surface area contributed by atoms with Gasteiger partial charge in [0.15, 0.2) is 5.16 Å². The van der Waals surface area contributed by atoms with Crippen LogP contribution in [-0.2, 0) is 12.2 Å². The van der Waals surface area contributed by atoms with Gasteiger partial charge in [-0.2, -0.15) is 0 Å². The standard InChI is InChI=1S/C19H15ClN4S2/c20-17-12-21-9-8-14(17)13-26-19-23-22-18(11-16-7-4-10-25-16)24(19)15-5-2-1-3-6-15/h1-10,12H,11,13H2. The summed E-state index contributed by atoms with van der Waals surface area (Å²) in [5.41, 5.74) is 2.10. The Kier molecular flexibility index (Phi) is 5.34. The Hall–Kier alpha value is -2.15. The van der Waals surface area contributed by atoms with E-state index in [0.29, 0.717) is 10.8 Å². The lowest BCUT2D eigenvalue weighted by Crippen LogP contribution is -2.03. The van der Waals surface area contributed by atoms with Crippen LogP contribution in [0, 0.1) is 0 Å². The molecule has 130 valence electrons. The van der Waals surface area contributed by atoms with Gasteiger partial charge in [-0.3, -0.25) is 9.55 Å². The lowest BCUT2D eigenvalue weighted by Gasteiger charge is -2.10. The van der Waals surface area contributed by atoms with E-state index in [1.807, 2.05) is 24.3 Å². The first-order chi connectivity index (χ1) is 12.8. The molecule has 7 heteroatoms. The van der Waals surface area contributed by atoms with Gasteiger partial charge >= 0.3 is 0 Å². The van der Waals surface area contributed by atoms with Crippen molar-refractivity contribution in [3.05, 3.63) is 87.6 Å². The average molecular weight is 399 g/mol. The summed E-state index contributed by atoms with van der Waals surface area (Å²) in [6.07, 6.45) is 4.18. The normalized spacial score (nSPS) is 11.0. The van der Waals surface area contributed by atoms with E-state index in [4.69, 9.17) is 11.6 Å². The third-order valence-electron chi connectivity index (χ3n) is 3.84. The summed E-state index contributed by atoms with van der Waals surface area (Å²) in [6, 6.07) is 16.3. The molecule has 3 heterocycles. The van der Waals surface area contributed by atoms with E-state index in [1.165, 1.54) is 4.88 Å². The van der Waals surface area contributed by atoms with Crippen LogP contribution < -0.4 is 0 Å². The predicted molar refractivity (Wildman–Crippen MR) is 107 cm³/mol. The second-order valence-corrected chi connectivity index (χ2v) is 7.96. The van der Waals surface area contributed by atoms with Crippen molar-refractivity contribution in [2.75, 3.05) is 0 Å². The van der Waals surface area contributed by atoms with Gasteiger partial charge in [-0.05, 0) is 35.2 Å². The van der Waals surface area contributed by atoms with Crippen molar-refractivity contribution in [1.82, 2.24) is 19.7 Å². The first-order valence-electron chi connectivity index (χ1n) is 8.04. The van der Waals surface area contributed by atoms with Crippen molar-refractivity contribution in [1.29, 1.82) is 0 Å². The maximum atomic E-state index is 6.23. The van der Waals surface area contributed by atoms with Crippen LogP contribution in [0.2, 0.25) is 5.02 Å². The Morgan fingerprint density at radius 2 is 1.92 bits per heavy atom. The fourth-order valence-electron chi connectivity index (χ4n) is 2.58. The van der Waals surface area contributed by atoms with Crippen LogP contribution in [0.4, 0.5) is 0 Å². The Morgan fingerprint density at radius 1 is 1.04 bits per heavy atom. The largest absolute Gasteiger partial charge is 0.274 e. The highest BCUT2D eigenvalue weighted by Gasteiger charge is 2.16. The van der Waals surface area contributed by atoms with E-state index < -0.39 is 0 Å². The van der Waals surface area contributed by atoms with Gasteiger partial charge in [0.1, 0.15) is 5.82 Å². The average Bonchev–Trinajstić information content (AvgIpc) is 3.32. The number of aromatic nitrogens is 4. The van der Waals surface area contributed by atoms with Gasteiger partial charge in [-0.25, -0.2) is 0 Å². The van der Waals surface area contributed by atoms with E-state index in [-0.39, 0.29) is 0 Å².